The first-order valence-electron chi connectivity index (χ1n) is 10.4. The van der Waals surface area contributed by atoms with E-state index in [4.69, 9.17) is 14.4 Å². The first kappa shape index (κ1) is 22.3. The molecular weight excluding hydrogens is 426 g/mol. The molecule has 4 heterocycles. The minimum atomic E-state index is -0.296. The maximum absolute atomic E-state index is 12.0. The van der Waals surface area contributed by atoms with Crippen molar-refractivity contribution in [3.63, 3.8) is 0 Å². The fourth-order valence-corrected chi connectivity index (χ4v) is 3.37. The molecule has 33 heavy (non-hydrogen) atoms. The van der Waals surface area contributed by atoms with E-state index >= 15 is 0 Å². The van der Waals surface area contributed by atoms with E-state index in [1.165, 1.54) is 6.20 Å². The van der Waals surface area contributed by atoms with Crippen LogP contribution in [-0.4, -0.2) is 54.1 Å². The quantitative estimate of drug-likeness (QED) is 0.432. The zero-order valence-electron chi connectivity index (χ0n) is 18.9. The van der Waals surface area contributed by atoms with E-state index in [0.717, 1.165) is 11.1 Å². The fourth-order valence-electron chi connectivity index (χ4n) is 3.37. The molecule has 0 spiro atoms. The molecule has 0 aliphatic heterocycles. The molecule has 0 bridgehead atoms. The fraction of sp³-hybridized carbons (Fsp3) is 0.364. The maximum Gasteiger partial charge on any atom is 0.252 e. The molecule has 0 unspecified atom stereocenters. The molecule has 172 valence electrons. The third kappa shape index (κ3) is 4.67. The largest absolute Gasteiger partial charge is 0.470 e. The van der Waals surface area contributed by atoms with Crippen molar-refractivity contribution in [3.05, 3.63) is 53.2 Å². The second-order valence-electron chi connectivity index (χ2n) is 8.52. The Morgan fingerprint density at radius 2 is 2.09 bits per heavy atom. The minimum absolute atomic E-state index is 0.122. The van der Waals surface area contributed by atoms with Gasteiger partial charge >= 0.3 is 0 Å². The molecular formula is C22H25N7O4. The number of pyridine rings is 1. The van der Waals surface area contributed by atoms with Crippen LogP contribution >= 0.6 is 0 Å². The van der Waals surface area contributed by atoms with Gasteiger partial charge in [0.15, 0.2) is 5.69 Å². The van der Waals surface area contributed by atoms with Crippen LogP contribution in [0.25, 0.3) is 17.0 Å². The van der Waals surface area contributed by atoms with Gasteiger partial charge in [-0.1, -0.05) is 25.9 Å². The Kier molecular flexibility index (Phi) is 6.05. The Morgan fingerprint density at radius 1 is 1.27 bits per heavy atom. The highest BCUT2D eigenvalue weighted by molar-refractivity contribution is 5.93. The monoisotopic (exact) mass is 451 g/mol. The average Bonchev–Trinajstić information content (AvgIpc) is 3.39. The zero-order chi connectivity index (χ0) is 23.6. The van der Waals surface area contributed by atoms with Crippen molar-refractivity contribution in [3.8, 4) is 17.4 Å². The second-order valence-corrected chi connectivity index (χ2v) is 8.52. The first-order valence-corrected chi connectivity index (χ1v) is 10.4. The van der Waals surface area contributed by atoms with Gasteiger partial charge in [0.2, 0.25) is 11.7 Å². The molecule has 0 aliphatic carbocycles. The molecule has 0 aromatic carbocycles. The van der Waals surface area contributed by atoms with E-state index in [1.54, 1.807) is 35.8 Å². The van der Waals surface area contributed by atoms with Crippen molar-refractivity contribution < 1.29 is 19.2 Å². The van der Waals surface area contributed by atoms with Gasteiger partial charge in [-0.25, -0.2) is 4.52 Å². The molecule has 1 amide bonds. The number of amides is 1. The van der Waals surface area contributed by atoms with Crippen LogP contribution in [-0.2, 0) is 12.0 Å². The summed E-state index contributed by atoms with van der Waals surface area (Å²) in [6, 6.07) is 5.14. The van der Waals surface area contributed by atoms with Crippen LogP contribution in [0.4, 0.5) is 0 Å². The lowest BCUT2D eigenvalue weighted by Gasteiger charge is -2.18. The smallest absolute Gasteiger partial charge is 0.252 e. The van der Waals surface area contributed by atoms with Crippen molar-refractivity contribution in [2.24, 2.45) is 0 Å². The van der Waals surface area contributed by atoms with Crippen molar-refractivity contribution in [1.29, 1.82) is 0 Å². The summed E-state index contributed by atoms with van der Waals surface area (Å²) in [5.41, 5.74) is 2.90. The van der Waals surface area contributed by atoms with Crippen molar-refractivity contribution in [1.82, 2.24) is 35.3 Å². The summed E-state index contributed by atoms with van der Waals surface area (Å²) in [4.78, 5) is 16.3. The summed E-state index contributed by atoms with van der Waals surface area (Å²) in [5.74, 6) is 1.24. The summed E-state index contributed by atoms with van der Waals surface area (Å²) >= 11 is 0. The number of hydrogen-bond acceptors (Lipinski definition) is 9. The Balaban J connectivity index is 1.63. The number of carbonyl (C=O) groups is 1. The standard InChI is InChI=1S/C22H25N7O4/c1-13-9-16(28-33-13)19-26-25-11-17-18(22(2,3)4)21(27-29(17)19)32-12-15-6-5-14(10-24-15)20(31)23-7-8-30/h5-6,9-11,30H,7-8,12H2,1-4H3,(H,23,31). The van der Waals surface area contributed by atoms with Crippen LogP contribution < -0.4 is 10.1 Å². The van der Waals surface area contributed by atoms with Gasteiger partial charge in [-0.15, -0.1) is 10.2 Å². The van der Waals surface area contributed by atoms with Crippen molar-refractivity contribution in [2.75, 3.05) is 13.2 Å². The van der Waals surface area contributed by atoms with E-state index in [-0.39, 0.29) is 31.1 Å². The predicted octanol–water partition coefficient (Wildman–Crippen LogP) is 2.08. The molecule has 0 saturated carbocycles. The zero-order valence-corrected chi connectivity index (χ0v) is 18.9. The van der Waals surface area contributed by atoms with E-state index in [2.05, 4.69) is 51.5 Å². The third-order valence-corrected chi connectivity index (χ3v) is 4.87. The summed E-state index contributed by atoms with van der Waals surface area (Å²) in [6.07, 6.45) is 3.12. The first-order chi connectivity index (χ1) is 15.8. The second kappa shape index (κ2) is 8.94. The molecule has 4 aromatic heterocycles. The molecule has 11 nitrogen and oxygen atoms in total. The van der Waals surface area contributed by atoms with E-state index in [1.807, 2.05) is 0 Å². The lowest BCUT2D eigenvalue weighted by atomic mass is 9.88. The van der Waals surface area contributed by atoms with Crippen molar-refractivity contribution in [2.45, 2.75) is 39.7 Å². The average molecular weight is 451 g/mol. The Labute approximate surface area is 189 Å². The van der Waals surface area contributed by atoms with Gasteiger partial charge in [0.05, 0.1) is 29.6 Å². The lowest BCUT2D eigenvalue weighted by molar-refractivity contribution is 0.0944. The normalized spacial score (nSPS) is 11.7. The number of nitrogens with zero attached hydrogens (tertiary/aromatic N) is 6. The SMILES string of the molecule is Cc1cc(-c2nncc3c(C(C)(C)C)c(OCc4ccc(C(=O)NCCO)cn4)nn23)no1. The van der Waals surface area contributed by atoms with Gasteiger partial charge in [-0.2, -0.15) is 5.10 Å². The molecule has 0 saturated heterocycles. The Bertz CT molecular complexity index is 1270. The third-order valence-electron chi connectivity index (χ3n) is 4.87. The van der Waals surface area contributed by atoms with Gasteiger partial charge in [0, 0.05) is 24.4 Å². The number of nitrogens with one attached hydrogen (secondary N) is 1. The molecule has 0 fully saturated rings. The summed E-state index contributed by atoms with van der Waals surface area (Å²) in [6.45, 7) is 8.22. The van der Waals surface area contributed by atoms with E-state index in [9.17, 15) is 4.79 Å². The molecule has 11 heteroatoms. The summed E-state index contributed by atoms with van der Waals surface area (Å²) in [7, 11) is 0. The van der Waals surface area contributed by atoms with Gasteiger partial charge < -0.3 is 19.7 Å². The summed E-state index contributed by atoms with van der Waals surface area (Å²) in [5, 5.41) is 28.4. The van der Waals surface area contributed by atoms with Gasteiger partial charge in [-0.3, -0.25) is 9.78 Å². The minimum Gasteiger partial charge on any atom is -0.470 e. The number of fused-ring (bicyclic) bond motifs is 1. The molecule has 4 aromatic rings. The number of rotatable bonds is 7. The number of aromatic nitrogens is 6. The van der Waals surface area contributed by atoms with E-state index in [0.29, 0.717) is 34.4 Å². The number of carbonyl (C=O) groups excluding carboxylic acids is 1. The van der Waals surface area contributed by atoms with Gasteiger partial charge in [-0.05, 0) is 24.5 Å². The maximum atomic E-state index is 12.0. The molecule has 0 atom stereocenters. The molecule has 2 N–H and O–H groups in total. The Morgan fingerprint density at radius 3 is 2.73 bits per heavy atom. The number of aliphatic hydroxyl groups is 1. The Hall–Kier alpha value is -3.86. The number of ether oxygens (including phenoxy) is 1. The van der Waals surface area contributed by atoms with Gasteiger partial charge in [0.1, 0.15) is 12.4 Å². The topological polar surface area (TPSA) is 141 Å². The number of aliphatic hydroxyl groups excluding tert-OH is 1. The number of aryl methyl sites for hydroxylation is 1. The lowest BCUT2D eigenvalue weighted by Crippen LogP contribution is -2.26. The van der Waals surface area contributed by atoms with Crippen LogP contribution in [0.5, 0.6) is 5.88 Å². The van der Waals surface area contributed by atoms with Crippen molar-refractivity contribution >= 4 is 11.4 Å². The predicted molar refractivity (Wildman–Crippen MR) is 118 cm³/mol. The highest BCUT2D eigenvalue weighted by Crippen LogP contribution is 2.35. The molecule has 4 rings (SSSR count). The van der Waals surface area contributed by atoms with Crippen LogP contribution in [0.2, 0.25) is 0 Å². The highest BCUT2D eigenvalue weighted by Gasteiger charge is 2.28. The van der Waals surface area contributed by atoms with Crippen LogP contribution in [0.15, 0.2) is 35.1 Å². The molecule has 0 radical (unpaired) electrons. The summed E-state index contributed by atoms with van der Waals surface area (Å²) < 4.78 is 12.9. The number of hydrogen-bond donors (Lipinski definition) is 2. The van der Waals surface area contributed by atoms with E-state index < -0.39 is 0 Å². The van der Waals surface area contributed by atoms with Crippen LogP contribution in [0, 0.1) is 6.92 Å². The highest BCUT2D eigenvalue weighted by atomic mass is 16.5. The van der Waals surface area contributed by atoms with Crippen LogP contribution in [0.3, 0.4) is 0 Å². The molecule has 0 aliphatic rings. The van der Waals surface area contributed by atoms with Gasteiger partial charge in [0.25, 0.3) is 5.91 Å². The van der Waals surface area contributed by atoms with Crippen LogP contribution in [0.1, 0.15) is 48.1 Å².